The summed E-state index contributed by atoms with van der Waals surface area (Å²) >= 11 is 0. The number of ether oxygens (including phenoxy) is 1. The number of nitrogens with zero attached hydrogens (tertiary/aromatic N) is 2. The van der Waals surface area contributed by atoms with Gasteiger partial charge >= 0.3 is 0 Å². The molecule has 29 heavy (non-hydrogen) atoms. The maximum Gasteiger partial charge on any atom is 0.221 e. The Balaban J connectivity index is 1.59. The molecule has 5 nitrogen and oxygen atoms in total. The van der Waals surface area contributed by atoms with Crippen LogP contribution in [0, 0.1) is 6.92 Å². The van der Waals surface area contributed by atoms with Crippen LogP contribution in [-0.2, 0) is 11.3 Å². The zero-order valence-corrected chi connectivity index (χ0v) is 16.1. The van der Waals surface area contributed by atoms with Crippen molar-refractivity contribution in [3.05, 3.63) is 95.4 Å². The van der Waals surface area contributed by atoms with E-state index in [0.29, 0.717) is 13.0 Å². The van der Waals surface area contributed by atoms with E-state index in [1.165, 1.54) is 0 Å². The third-order valence-corrected chi connectivity index (χ3v) is 5.31. The van der Waals surface area contributed by atoms with E-state index in [2.05, 4.69) is 34.8 Å². The molecule has 0 fully saturated rings. The van der Waals surface area contributed by atoms with Crippen LogP contribution in [0.4, 0.5) is 0 Å². The highest BCUT2D eigenvalue weighted by Gasteiger charge is 2.29. The molecule has 1 aliphatic rings. The van der Waals surface area contributed by atoms with Crippen LogP contribution in [0.2, 0.25) is 0 Å². The summed E-state index contributed by atoms with van der Waals surface area (Å²) in [6.07, 6.45) is 2.42. The van der Waals surface area contributed by atoms with Gasteiger partial charge in [0.2, 0.25) is 5.91 Å². The van der Waals surface area contributed by atoms with Crippen LogP contribution in [-0.4, -0.2) is 15.3 Å². The average molecular weight is 383 g/mol. The summed E-state index contributed by atoms with van der Waals surface area (Å²) in [7, 11) is 0. The first-order chi connectivity index (χ1) is 14.2. The summed E-state index contributed by atoms with van der Waals surface area (Å²) in [5.41, 5.74) is 5.10. The number of hydrogen-bond donors (Lipinski definition) is 1. The lowest BCUT2D eigenvalue weighted by atomic mass is 9.91. The number of imidazole rings is 1. The van der Waals surface area contributed by atoms with E-state index >= 15 is 0 Å². The molecule has 0 unspecified atom stereocenters. The summed E-state index contributed by atoms with van der Waals surface area (Å²) in [6, 6.07) is 21.8. The standard InChI is InChI=1S/C24H21N3O2/c1-16-10-11-27-22(12-16)26-21-15-25-23(28)14-20(24(21)27)17-6-5-9-19(13-17)29-18-7-3-2-4-8-18/h2-13,20H,14-15H2,1H3,(H,25,28)/t20-/m1/s1. The molecular weight excluding hydrogens is 362 g/mol. The summed E-state index contributed by atoms with van der Waals surface area (Å²) < 4.78 is 8.13. The first kappa shape index (κ1) is 17.5. The van der Waals surface area contributed by atoms with E-state index in [0.717, 1.165) is 39.7 Å². The van der Waals surface area contributed by atoms with Crippen LogP contribution in [0.25, 0.3) is 5.65 Å². The maximum atomic E-state index is 12.4. The highest BCUT2D eigenvalue weighted by atomic mass is 16.5. The van der Waals surface area contributed by atoms with E-state index in [4.69, 9.17) is 9.72 Å². The number of aromatic nitrogens is 2. The first-order valence-electron chi connectivity index (χ1n) is 9.74. The van der Waals surface area contributed by atoms with Crippen molar-refractivity contribution in [2.24, 2.45) is 0 Å². The Morgan fingerprint density at radius 3 is 2.72 bits per heavy atom. The largest absolute Gasteiger partial charge is 0.457 e. The number of carbonyl (C=O) groups excluding carboxylic acids is 1. The van der Waals surface area contributed by atoms with Gasteiger partial charge in [-0.25, -0.2) is 4.98 Å². The van der Waals surface area contributed by atoms with Gasteiger partial charge in [0.1, 0.15) is 17.1 Å². The molecule has 0 bridgehead atoms. The molecule has 5 rings (SSSR count). The van der Waals surface area contributed by atoms with Crippen molar-refractivity contribution >= 4 is 11.6 Å². The predicted molar refractivity (Wildman–Crippen MR) is 111 cm³/mol. The number of nitrogens with one attached hydrogen (secondary N) is 1. The van der Waals surface area contributed by atoms with E-state index in [-0.39, 0.29) is 11.8 Å². The summed E-state index contributed by atoms with van der Waals surface area (Å²) in [4.78, 5) is 17.2. The Labute approximate surface area is 169 Å². The molecule has 0 saturated carbocycles. The van der Waals surface area contributed by atoms with Crippen molar-refractivity contribution in [2.75, 3.05) is 0 Å². The molecule has 1 N–H and O–H groups in total. The molecule has 1 atom stereocenters. The van der Waals surface area contributed by atoms with E-state index in [1.54, 1.807) is 0 Å². The van der Waals surface area contributed by atoms with Gasteiger partial charge in [-0.3, -0.25) is 4.79 Å². The third kappa shape index (κ3) is 3.36. The average Bonchev–Trinajstić information content (AvgIpc) is 3.00. The highest BCUT2D eigenvalue weighted by Crippen LogP contribution is 2.35. The quantitative estimate of drug-likeness (QED) is 0.563. The summed E-state index contributed by atoms with van der Waals surface area (Å²) in [5, 5.41) is 2.98. The minimum atomic E-state index is -0.0930. The molecule has 4 aromatic rings. The second-order valence-electron chi connectivity index (χ2n) is 7.40. The maximum absolute atomic E-state index is 12.4. The van der Waals surface area contributed by atoms with E-state index in [9.17, 15) is 4.79 Å². The molecular formula is C24H21N3O2. The van der Waals surface area contributed by atoms with Gasteiger partial charge in [-0.2, -0.15) is 0 Å². The van der Waals surface area contributed by atoms with Crippen LogP contribution < -0.4 is 10.1 Å². The van der Waals surface area contributed by atoms with Crippen molar-refractivity contribution in [3.63, 3.8) is 0 Å². The lowest BCUT2D eigenvalue weighted by Gasteiger charge is -2.17. The Morgan fingerprint density at radius 2 is 1.86 bits per heavy atom. The Bertz CT molecular complexity index is 1200. The number of pyridine rings is 1. The van der Waals surface area contributed by atoms with E-state index < -0.39 is 0 Å². The normalized spacial score (nSPS) is 16.2. The SMILES string of the molecule is Cc1ccn2c3c(nc2c1)CNC(=O)C[C@@H]3c1cccc(Oc2ccccc2)c1. The number of rotatable bonds is 3. The number of amides is 1. The van der Waals surface area contributed by atoms with Crippen molar-refractivity contribution < 1.29 is 9.53 Å². The van der Waals surface area contributed by atoms with Gasteiger partial charge in [-0.1, -0.05) is 30.3 Å². The van der Waals surface area contributed by atoms with Gasteiger partial charge in [0.05, 0.1) is 17.9 Å². The van der Waals surface area contributed by atoms with Crippen molar-refractivity contribution in [2.45, 2.75) is 25.8 Å². The van der Waals surface area contributed by atoms with Crippen molar-refractivity contribution in [1.29, 1.82) is 0 Å². The van der Waals surface area contributed by atoms with Crippen LogP contribution >= 0.6 is 0 Å². The zero-order valence-electron chi connectivity index (χ0n) is 16.1. The minimum absolute atomic E-state index is 0.0308. The number of benzene rings is 2. The molecule has 0 saturated heterocycles. The second-order valence-corrected chi connectivity index (χ2v) is 7.40. The van der Waals surface area contributed by atoms with Gasteiger partial charge in [0.15, 0.2) is 0 Å². The summed E-state index contributed by atoms with van der Waals surface area (Å²) in [5.74, 6) is 1.48. The van der Waals surface area contributed by atoms with Crippen molar-refractivity contribution in [3.8, 4) is 11.5 Å². The number of fused-ring (bicyclic) bond motifs is 3. The van der Waals surface area contributed by atoms with Gasteiger partial charge in [-0.15, -0.1) is 0 Å². The number of hydrogen-bond acceptors (Lipinski definition) is 3. The topological polar surface area (TPSA) is 55.6 Å². The Kier molecular flexibility index (Phi) is 4.28. The zero-order chi connectivity index (χ0) is 19.8. The van der Waals surface area contributed by atoms with E-state index in [1.807, 2.05) is 54.7 Å². The fourth-order valence-corrected chi connectivity index (χ4v) is 3.94. The molecule has 2 aromatic carbocycles. The van der Waals surface area contributed by atoms with Crippen LogP contribution in [0.1, 0.15) is 34.9 Å². The van der Waals surface area contributed by atoms with Gasteiger partial charge < -0.3 is 14.5 Å². The Morgan fingerprint density at radius 1 is 1.03 bits per heavy atom. The molecule has 1 amide bonds. The third-order valence-electron chi connectivity index (χ3n) is 5.31. The van der Waals surface area contributed by atoms with Gasteiger partial charge in [0, 0.05) is 18.5 Å². The molecule has 0 spiro atoms. The molecule has 2 aromatic heterocycles. The van der Waals surface area contributed by atoms with Gasteiger partial charge in [-0.05, 0) is 54.4 Å². The molecule has 1 aliphatic heterocycles. The molecule has 0 radical (unpaired) electrons. The second kappa shape index (κ2) is 7.09. The number of aryl methyl sites for hydroxylation is 1. The highest BCUT2D eigenvalue weighted by molar-refractivity contribution is 5.78. The molecule has 0 aliphatic carbocycles. The van der Waals surface area contributed by atoms with Crippen LogP contribution in [0.3, 0.4) is 0 Å². The number of para-hydroxylation sites is 1. The predicted octanol–water partition coefficient (Wildman–Crippen LogP) is 4.59. The smallest absolute Gasteiger partial charge is 0.221 e. The lowest BCUT2D eigenvalue weighted by Crippen LogP contribution is -2.21. The van der Waals surface area contributed by atoms with Gasteiger partial charge in [0.25, 0.3) is 0 Å². The monoisotopic (exact) mass is 383 g/mol. The molecule has 144 valence electrons. The minimum Gasteiger partial charge on any atom is -0.457 e. The fourth-order valence-electron chi connectivity index (χ4n) is 3.94. The van der Waals surface area contributed by atoms with Crippen LogP contribution in [0.15, 0.2) is 72.9 Å². The lowest BCUT2D eigenvalue weighted by molar-refractivity contribution is -0.121. The molecule has 5 heteroatoms. The fraction of sp³-hybridized carbons (Fsp3) is 0.167. The number of carbonyl (C=O) groups is 1. The Hall–Kier alpha value is -3.60. The van der Waals surface area contributed by atoms with Crippen molar-refractivity contribution in [1.82, 2.24) is 14.7 Å². The summed E-state index contributed by atoms with van der Waals surface area (Å²) in [6.45, 7) is 2.51. The van der Waals surface area contributed by atoms with Crippen LogP contribution in [0.5, 0.6) is 11.5 Å². The molecule has 3 heterocycles. The first-order valence-corrected chi connectivity index (χ1v) is 9.74.